The lowest BCUT2D eigenvalue weighted by molar-refractivity contribution is 0.0723. The van der Waals surface area contributed by atoms with Crippen molar-refractivity contribution < 1.29 is 9.18 Å². The minimum Gasteiger partial charge on any atom is -0.330 e. The van der Waals surface area contributed by atoms with Crippen LogP contribution in [0.2, 0.25) is 5.02 Å². The van der Waals surface area contributed by atoms with Gasteiger partial charge in [-0.2, -0.15) is 5.10 Å². The van der Waals surface area contributed by atoms with Gasteiger partial charge in [0.05, 0.1) is 17.3 Å². The molecule has 0 radical (unpaired) electrons. The molecular weight excluding hydrogens is 305 g/mol. The maximum Gasteiger partial charge on any atom is 0.274 e. The van der Waals surface area contributed by atoms with E-state index in [0.717, 1.165) is 18.4 Å². The molecule has 116 valence electrons. The van der Waals surface area contributed by atoms with Gasteiger partial charge >= 0.3 is 0 Å². The van der Waals surface area contributed by atoms with Gasteiger partial charge in [-0.3, -0.25) is 9.48 Å². The van der Waals surface area contributed by atoms with Crippen LogP contribution in [0.5, 0.6) is 0 Å². The van der Waals surface area contributed by atoms with Gasteiger partial charge in [-0.15, -0.1) is 0 Å². The third-order valence-corrected chi connectivity index (χ3v) is 4.34. The molecule has 2 aromatic rings. The lowest BCUT2D eigenvalue weighted by atomic mass is 10.0. The van der Waals surface area contributed by atoms with E-state index in [2.05, 4.69) is 5.10 Å². The van der Waals surface area contributed by atoms with Crippen LogP contribution in [0, 0.1) is 5.82 Å². The van der Waals surface area contributed by atoms with Crippen molar-refractivity contribution >= 4 is 17.5 Å². The standard InChI is InChI=1S/C16H17ClFN3O/c1-2-21-15(13(17)10-19-21)16(22)20-9-3-4-14(20)11-5-7-12(18)8-6-11/h5-8,10,14H,2-4,9H2,1H3/t14-/m1/s1. The molecule has 1 aromatic carbocycles. The Morgan fingerprint density at radius 1 is 1.41 bits per heavy atom. The van der Waals surface area contributed by atoms with Crippen LogP contribution in [-0.4, -0.2) is 27.1 Å². The molecule has 0 saturated carbocycles. The Labute approximate surface area is 133 Å². The molecule has 1 saturated heterocycles. The number of aromatic nitrogens is 2. The molecule has 1 fully saturated rings. The number of carbonyl (C=O) groups is 1. The Kier molecular flexibility index (Phi) is 4.16. The second kappa shape index (κ2) is 6.08. The van der Waals surface area contributed by atoms with Gasteiger partial charge in [0.1, 0.15) is 11.5 Å². The Bertz CT molecular complexity index is 683. The van der Waals surface area contributed by atoms with Crippen LogP contribution in [0.1, 0.15) is 41.9 Å². The predicted octanol–water partition coefficient (Wildman–Crippen LogP) is 3.67. The normalized spacial score (nSPS) is 18.0. The van der Waals surface area contributed by atoms with Crippen LogP contribution in [0.3, 0.4) is 0 Å². The summed E-state index contributed by atoms with van der Waals surface area (Å²) in [4.78, 5) is 14.7. The zero-order valence-corrected chi connectivity index (χ0v) is 13.1. The minimum atomic E-state index is -0.272. The van der Waals surface area contributed by atoms with E-state index in [1.54, 1.807) is 16.8 Å². The third kappa shape index (κ3) is 2.61. The van der Waals surface area contributed by atoms with Crippen molar-refractivity contribution in [2.75, 3.05) is 6.54 Å². The quantitative estimate of drug-likeness (QED) is 0.865. The third-order valence-electron chi connectivity index (χ3n) is 4.07. The Morgan fingerprint density at radius 3 is 2.82 bits per heavy atom. The first kappa shape index (κ1) is 15.0. The Hall–Kier alpha value is -1.88. The molecule has 1 amide bonds. The van der Waals surface area contributed by atoms with Gasteiger partial charge in [-0.25, -0.2) is 4.39 Å². The lowest BCUT2D eigenvalue weighted by Gasteiger charge is -2.25. The van der Waals surface area contributed by atoms with Gasteiger partial charge in [0.2, 0.25) is 0 Å². The second-order valence-electron chi connectivity index (χ2n) is 5.37. The number of hydrogen-bond acceptors (Lipinski definition) is 2. The van der Waals surface area contributed by atoms with Crippen molar-refractivity contribution in [1.82, 2.24) is 14.7 Å². The van der Waals surface area contributed by atoms with Crippen LogP contribution >= 0.6 is 11.6 Å². The first-order valence-corrected chi connectivity index (χ1v) is 7.77. The number of benzene rings is 1. The van der Waals surface area contributed by atoms with E-state index in [1.807, 2.05) is 11.8 Å². The van der Waals surface area contributed by atoms with E-state index in [9.17, 15) is 9.18 Å². The predicted molar refractivity (Wildman–Crippen MR) is 82.3 cm³/mol. The van der Waals surface area contributed by atoms with E-state index in [-0.39, 0.29) is 17.8 Å². The molecule has 2 heterocycles. The summed E-state index contributed by atoms with van der Waals surface area (Å²) in [6, 6.07) is 6.30. The number of aryl methyl sites for hydroxylation is 1. The smallest absolute Gasteiger partial charge is 0.274 e. The summed E-state index contributed by atoms with van der Waals surface area (Å²) in [6.07, 6.45) is 3.29. The SMILES string of the molecule is CCn1ncc(Cl)c1C(=O)N1CCC[C@@H]1c1ccc(F)cc1. The zero-order chi connectivity index (χ0) is 15.7. The van der Waals surface area contributed by atoms with Gasteiger partial charge in [0.25, 0.3) is 5.91 Å². The van der Waals surface area contributed by atoms with E-state index in [1.165, 1.54) is 18.3 Å². The van der Waals surface area contributed by atoms with Crippen molar-refractivity contribution in [1.29, 1.82) is 0 Å². The highest BCUT2D eigenvalue weighted by molar-refractivity contribution is 6.33. The summed E-state index contributed by atoms with van der Waals surface area (Å²) in [6.45, 7) is 3.18. The van der Waals surface area contributed by atoms with Crippen molar-refractivity contribution in [3.8, 4) is 0 Å². The van der Waals surface area contributed by atoms with Crippen LogP contribution in [0.15, 0.2) is 30.5 Å². The average molecular weight is 322 g/mol. The maximum absolute atomic E-state index is 13.1. The number of rotatable bonds is 3. The fraction of sp³-hybridized carbons (Fsp3) is 0.375. The number of likely N-dealkylation sites (tertiary alicyclic amines) is 1. The molecular formula is C16H17ClFN3O. The second-order valence-corrected chi connectivity index (χ2v) is 5.77. The van der Waals surface area contributed by atoms with Gasteiger partial charge < -0.3 is 4.90 Å². The van der Waals surface area contributed by atoms with E-state index >= 15 is 0 Å². The highest BCUT2D eigenvalue weighted by Gasteiger charge is 2.33. The molecule has 4 nitrogen and oxygen atoms in total. The number of nitrogens with zero attached hydrogens (tertiary/aromatic N) is 3. The first-order chi connectivity index (χ1) is 10.6. The molecule has 0 unspecified atom stereocenters. The molecule has 3 rings (SSSR count). The number of amides is 1. The lowest BCUT2D eigenvalue weighted by Crippen LogP contribution is -2.32. The van der Waals surface area contributed by atoms with Crippen LogP contribution in [-0.2, 0) is 6.54 Å². The largest absolute Gasteiger partial charge is 0.330 e. The summed E-state index contributed by atoms with van der Waals surface area (Å²) in [7, 11) is 0. The fourth-order valence-corrected chi connectivity index (χ4v) is 3.21. The monoisotopic (exact) mass is 321 g/mol. The van der Waals surface area contributed by atoms with Gasteiger partial charge in [-0.05, 0) is 37.5 Å². The van der Waals surface area contributed by atoms with Crippen LogP contribution in [0.25, 0.3) is 0 Å². The summed E-state index contributed by atoms with van der Waals surface area (Å²) >= 11 is 6.13. The fourth-order valence-electron chi connectivity index (χ4n) is 2.99. The zero-order valence-electron chi connectivity index (χ0n) is 12.3. The summed E-state index contributed by atoms with van der Waals surface area (Å²) in [5.74, 6) is -0.386. The van der Waals surface area contributed by atoms with Crippen molar-refractivity contribution in [2.45, 2.75) is 32.4 Å². The minimum absolute atomic E-state index is 0.0376. The average Bonchev–Trinajstić information content (AvgIpc) is 3.14. The van der Waals surface area contributed by atoms with E-state index < -0.39 is 0 Å². The molecule has 0 bridgehead atoms. The van der Waals surface area contributed by atoms with Gasteiger partial charge in [0, 0.05) is 13.1 Å². The van der Waals surface area contributed by atoms with Crippen molar-refractivity contribution in [2.24, 2.45) is 0 Å². The molecule has 1 aliphatic rings. The van der Waals surface area contributed by atoms with E-state index in [0.29, 0.717) is 23.8 Å². The molecule has 6 heteroatoms. The van der Waals surface area contributed by atoms with E-state index in [4.69, 9.17) is 11.6 Å². The van der Waals surface area contributed by atoms with Gasteiger partial charge in [0.15, 0.2) is 0 Å². The molecule has 0 N–H and O–H groups in total. The van der Waals surface area contributed by atoms with Gasteiger partial charge in [-0.1, -0.05) is 23.7 Å². The highest BCUT2D eigenvalue weighted by Crippen LogP contribution is 2.34. The Morgan fingerprint density at radius 2 is 2.14 bits per heavy atom. The first-order valence-electron chi connectivity index (χ1n) is 7.39. The number of halogens is 2. The van der Waals surface area contributed by atoms with Crippen LogP contribution < -0.4 is 0 Å². The summed E-state index contributed by atoms with van der Waals surface area (Å²) in [5.41, 5.74) is 1.38. The molecule has 0 spiro atoms. The Balaban J connectivity index is 1.91. The molecule has 22 heavy (non-hydrogen) atoms. The topological polar surface area (TPSA) is 38.1 Å². The number of carbonyl (C=O) groups excluding carboxylic acids is 1. The maximum atomic E-state index is 13.1. The molecule has 1 aromatic heterocycles. The summed E-state index contributed by atoms with van der Waals surface area (Å²) in [5, 5.41) is 4.50. The number of hydrogen-bond donors (Lipinski definition) is 0. The van der Waals surface area contributed by atoms with Crippen molar-refractivity contribution in [3.05, 3.63) is 52.6 Å². The van der Waals surface area contributed by atoms with Crippen molar-refractivity contribution in [3.63, 3.8) is 0 Å². The highest BCUT2D eigenvalue weighted by atomic mass is 35.5. The molecule has 0 aliphatic carbocycles. The summed E-state index contributed by atoms with van der Waals surface area (Å²) < 4.78 is 14.7. The molecule has 1 aliphatic heterocycles. The molecule has 1 atom stereocenters. The van der Waals surface area contributed by atoms with Crippen LogP contribution in [0.4, 0.5) is 4.39 Å².